The summed E-state index contributed by atoms with van der Waals surface area (Å²) in [6, 6.07) is 9.78. The molecular weight excluding hydrogens is 336 g/mol. The number of hydrogen-bond donors (Lipinski definition) is 1. The maximum atomic E-state index is 12.6. The summed E-state index contributed by atoms with van der Waals surface area (Å²) in [5.41, 5.74) is 2.07. The van der Waals surface area contributed by atoms with Gasteiger partial charge < -0.3 is 15.1 Å². The van der Waals surface area contributed by atoms with Gasteiger partial charge in [0.05, 0.1) is 17.5 Å². The minimum atomic E-state index is -0.137. The van der Waals surface area contributed by atoms with Crippen molar-refractivity contribution in [2.75, 3.05) is 19.6 Å². The Bertz CT molecular complexity index is 775. The Morgan fingerprint density at radius 1 is 1.36 bits per heavy atom. The van der Waals surface area contributed by atoms with Gasteiger partial charge >= 0.3 is 0 Å². The van der Waals surface area contributed by atoms with Gasteiger partial charge in [-0.15, -0.1) is 0 Å². The van der Waals surface area contributed by atoms with Gasteiger partial charge in [-0.05, 0) is 24.2 Å². The molecule has 6 nitrogen and oxygen atoms in total. The largest absolute Gasteiger partial charge is 0.346 e. The molecule has 0 spiro atoms. The number of allylic oxidation sites excluding steroid dienone is 1. The van der Waals surface area contributed by atoms with Crippen LogP contribution in [0.3, 0.4) is 0 Å². The molecule has 0 saturated carbocycles. The van der Waals surface area contributed by atoms with Crippen molar-refractivity contribution in [3.05, 3.63) is 46.5 Å². The van der Waals surface area contributed by atoms with Crippen molar-refractivity contribution in [2.24, 2.45) is 4.99 Å². The van der Waals surface area contributed by atoms with E-state index in [2.05, 4.69) is 15.2 Å². The summed E-state index contributed by atoms with van der Waals surface area (Å²) in [6.45, 7) is 4.74. The van der Waals surface area contributed by atoms with E-state index in [1.54, 1.807) is 0 Å². The minimum absolute atomic E-state index is 0.0870. The number of carbonyl (C=O) groups is 2. The zero-order chi connectivity index (χ0) is 17.4. The van der Waals surface area contributed by atoms with E-state index < -0.39 is 0 Å². The summed E-state index contributed by atoms with van der Waals surface area (Å²) >= 11 is 1.43. The van der Waals surface area contributed by atoms with Crippen molar-refractivity contribution in [3.8, 4) is 0 Å². The molecule has 3 heterocycles. The molecule has 7 heteroatoms. The Balaban J connectivity index is 1.37. The molecule has 1 aromatic carbocycles. The topological polar surface area (TPSA) is 65.0 Å². The van der Waals surface area contributed by atoms with Crippen molar-refractivity contribution in [3.63, 3.8) is 0 Å². The Labute approximate surface area is 151 Å². The number of nitrogens with zero attached hydrogens (tertiary/aromatic N) is 3. The molecule has 0 radical (unpaired) electrons. The average molecular weight is 356 g/mol. The van der Waals surface area contributed by atoms with Gasteiger partial charge in [-0.3, -0.25) is 14.6 Å². The second-order valence-corrected chi connectivity index (χ2v) is 7.44. The Kier molecular flexibility index (Phi) is 4.25. The highest BCUT2D eigenvalue weighted by Gasteiger charge is 2.36. The van der Waals surface area contributed by atoms with E-state index in [1.165, 1.54) is 11.8 Å². The highest BCUT2D eigenvalue weighted by molar-refractivity contribution is 8.18. The summed E-state index contributed by atoms with van der Waals surface area (Å²) in [6.07, 6.45) is 0.361. The van der Waals surface area contributed by atoms with Gasteiger partial charge in [-0.25, -0.2) is 0 Å². The molecule has 25 heavy (non-hydrogen) atoms. The highest BCUT2D eigenvalue weighted by Crippen LogP contribution is 2.36. The van der Waals surface area contributed by atoms with Crippen LogP contribution in [0.5, 0.6) is 0 Å². The predicted octanol–water partition coefficient (Wildman–Crippen LogP) is 1.55. The summed E-state index contributed by atoms with van der Waals surface area (Å²) in [7, 11) is 0. The lowest BCUT2D eigenvalue weighted by atomic mass is 10.2. The van der Waals surface area contributed by atoms with Gasteiger partial charge in [0.1, 0.15) is 0 Å². The molecule has 1 N–H and O–H groups in total. The van der Waals surface area contributed by atoms with Gasteiger partial charge in [-0.2, -0.15) is 0 Å². The summed E-state index contributed by atoms with van der Waals surface area (Å²) < 4.78 is 0. The van der Waals surface area contributed by atoms with E-state index in [4.69, 9.17) is 0 Å². The first-order valence-corrected chi connectivity index (χ1v) is 9.27. The molecule has 0 aliphatic carbocycles. The Morgan fingerprint density at radius 2 is 2.16 bits per heavy atom. The molecule has 1 fully saturated rings. The molecule has 1 atom stereocenters. The average Bonchev–Trinajstić information content (AvgIpc) is 3.26. The summed E-state index contributed by atoms with van der Waals surface area (Å²) in [5.74, 6) is -0.0112. The first-order valence-electron chi connectivity index (χ1n) is 8.45. The number of likely N-dealkylation sites (tertiary alicyclic amines) is 1. The van der Waals surface area contributed by atoms with Gasteiger partial charge in [0.25, 0.3) is 5.91 Å². The zero-order valence-corrected chi connectivity index (χ0v) is 14.9. The van der Waals surface area contributed by atoms with Crippen molar-refractivity contribution in [2.45, 2.75) is 25.9 Å². The minimum Gasteiger partial charge on any atom is -0.346 e. The molecule has 0 bridgehead atoms. The van der Waals surface area contributed by atoms with E-state index in [1.807, 2.05) is 42.2 Å². The highest BCUT2D eigenvalue weighted by atomic mass is 32.2. The van der Waals surface area contributed by atoms with E-state index in [9.17, 15) is 9.59 Å². The molecule has 2 amide bonds. The fourth-order valence-electron chi connectivity index (χ4n) is 3.40. The molecule has 3 aliphatic heterocycles. The summed E-state index contributed by atoms with van der Waals surface area (Å²) in [4.78, 5) is 33.9. The second kappa shape index (κ2) is 6.55. The number of carbonyl (C=O) groups excluding carboxylic acids is 2. The van der Waals surface area contributed by atoms with Crippen LogP contribution in [-0.2, 0) is 16.1 Å². The number of fused-ring (bicyclic) bond motifs is 1. The van der Waals surface area contributed by atoms with Crippen molar-refractivity contribution in [1.29, 1.82) is 0 Å². The maximum absolute atomic E-state index is 12.6. The second-order valence-electron chi connectivity index (χ2n) is 6.47. The lowest BCUT2D eigenvalue weighted by Gasteiger charge is -2.17. The van der Waals surface area contributed by atoms with E-state index in [0.717, 1.165) is 29.5 Å². The SMILES string of the molecule is CC1=C(C(=O)N[C@H]2CC(=O)N(Cc3ccccc3)C2)SC2=NCCN21. The monoisotopic (exact) mass is 356 g/mol. The zero-order valence-electron chi connectivity index (χ0n) is 14.1. The van der Waals surface area contributed by atoms with Crippen LogP contribution in [0.4, 0.5) is 0 Å². The molecule has 0 aromatic heterocycles. The fourth-order valence-corrected chi connectivity index (χ4v) is 4.49. The summed E-state index contributed by atoms with van der Waals surface area (Å²) in [5, 5.41) is 3.94. The van der Waals surface area contributed by atoms with Gasteiger partial charge in [-0.1, -0.05) is 30.3 Å². The van der Waals surface area contributed by atoms with Gasteiger partial charge in [0.2, 0.25) is 5.91 Å². The number of amides is 2. The van der Waals surface area contributed by atoms with Crippen LogP contribution < -0.4 is 5.32 Å². The molecule has 1 saturated heterocycles. The number of amidine groups is 1. The fraction of sp³-hybridized carbons (Fsp3) is 0.389. The standard InChI is InChI=1S/C18H20N4O2S/c1-12-16(25-18-19-7-8-22(12)18)17(24)20-14-9-15(23)21(11-14)10-13-5-3-2-4-6-13/h2-6,14H,7-11H2,1H3,(H,20,24)/t14-/m0/s1. The number of rotatable bonds is 4. The van der Waals surface area contributed by atoms with Gasteiger partial charge in [0.15, 0.2) is 5.17 Å². The van der Waals surface area contributed by atoms with Crippen molar-refractivity contribution < 1.29 is 9.59 Å². The quantitative estimate of drug-likeness (QED) is 0.889. The van der Waals surface area contributed by atoms with Crippen molar-refractivity contribution >= 4 is 28.7 Å². The third-order valence-corrected chi connectivity index (χ3v) is 5.92. The lowest BCUT2D eigenvalue weighted by Crippen LogP contribution is -2.37. The van der Waals surface area contributed by atoms with E-state index >= 15 is 0 Å². The Hall–Kier alpha value is -2.28. The van der Waals surface area contributed by atoms with E-state index in [0.29, 0.717) is 24.4 Å². The third-order valence-electron chi connectivity index (χ3n) is 4.70. The van der Waals surface area contributed by atoms with Crippen LogP contribution >= 0.6 is 11.8 Å². The number of aliphatic imine (C=N–C) groups is 1. The molecule has 0 unspecified atom stereocenters. The van der Waals surface area contributed by atoms with Crippen molar-refractivity contribution in [1.82, 2.24) is 15.1 Å². The smallest absolute Gasteiger partial charge is 0.260 e. The third kappa shape index (κ3) is 3.16. The molecule has 130 valence electrons. The predicted molar refractivity (Wildman–Crippen MR) is 97.7 cm³/mol. The lowest BCUT2D eigenvalue weighted by molar-refractivity contribution is -0.128. The molecular formula is C18H20N4O2S. The first-order chi connectivity index (χ1) is 12.1. The molecule has 3 aliphatic rings. The van der Waals surface area contributed by atoms with Crippen LogP contribution in [0.2, 0.25) is 0 Å². The molecule has 1 aromatic rings. The number of thioether (sulfide) groups is 1. The van der Waals surface area contributed by atoms with Crippen LogP contribution in [-0.4, -0.2) is 52.5 Å². The van der Waals surface area contributed by atoms with Gasteiger partial charge in [0, 0.05) is 31.8 Å². The normalized spacial score (nSPS) is 22.5. The van der Waals surface area contributed by atoms with Crippen LogP contribution in [0.25, 0.3) is 0 Å². The molecule has 4 rings (SSSR count). The maximum Gasteiger partial charge on any atom is 0.260 e. The van der Waals surface area contributed by atoms with Crippen LogP contribution in [0, 0.1) is 0 Å². The number of benzene rings is 1. The number of hydrogen-bond acceptors (Lipinski definition) is 5. The Morgan fingerprint density at radius 3 is 2.92 bits per heavy atom. The van der Waals surface area contributed by atoms with E-state index in [-0.39, 0.29) is 17.9 Å². The van der Waals surface area contributed by atoms with Crippen LogP contribution in [0.15, 0.2) is 45.9 Å². The number of nitrogens with one attached hydrogen (secondary N) is 1. The first kappa shape index (κ1) is 16.2. The van der Waals surface area contributed by atoms with Crippen LogP contribution in [0.1, 0.15) is 18.9 Å².